The summed E-state index contributed by atoms with van der Waals surface area (Å²) >= 11 is 0. The number of amides is 1. The summed E-state index contributed by atoms with van der Waals surface area (Å²) < 4.78 is 99.1. The molecule has 0 bridgehead atoms. The standard InChI is InChI=1S/C86H140NO39/c1-10-11-12-13-14-15-16-17-18-19-51(96)87-52-45(30-88)117-77(69(67(52)123-73-60(104)56(100)53(97)38(2)115-73)125-74-62(106)58(102)64(39(3)116-74)120-72-63(107)65(43(93)33-112-72)121-78-70(108)85(110,36-91)37-114-78)126-79(109)86-27-26-80(4,5)28-41(86)40-20-21-48-81(6)24-23-50(82(7,35-90)47(81)22-25-83(48,8)84(40,9)29-49(86)95)119-76-68(124-75-61(105)57(101)55(99)46(31-89)118-75)66(44(94)34-113-76)122-71-59(103)54(98)42(92)32-111-71/h20,34-35,38-39,41-50,52-78,88-89,91-95,97-108,110H,10-19,21-33,36-37H2,1-9H3,(H,87,96)/t38?,39?,41?,42-,43+,44-,45?,46?,47+,48?,49?,50-,52+,53-,54-,55-,56+,57-,58?,59?,60?,61?,62-,63+,64+,65?,66-,67?,68?,69+,70?,71-,72+,73-,74+,75-,76-,77+,78+,81?,82+,83-,84+,85-,86+/m0/s1. The lowest BCUT2D eigenvalue weighted by Crippen LogP contribution is -2.71. The minimum absolute atomic E-state index is 0.0175. The van der Waals surface area contributed by atoms with Gasteiger partial charge in [-0.15, -0.1) is 0 Å². The zero-order valence-electron chi connectivity index (χ0n) is 73.1. The average molecular weight is 1810 g/mol. The summed E-state index contributed by atoms with van der Waals surface area (Å²) in [7, 11) is 0. The molecule has 4 saturated carbocycles. The Kier molecular flexibility index (Phi) is 32.3. The van der Waals surface area contributed by atoms with Crippen LogP contribution in [0.5, 0.6) is 0 Å². The third-order valence-corrected chi connectivity index (χ3v) is 31.1. The van der Waals surface area contributed by atoms with E-state index < -0.39 is 323 Å². The number of allylic oxidation sites excluding steroid dienone is 2. The summed E-state index contributed by atoms with van der Waals surface area (Å²) in [5.41, 5.74) is -7.23. The molecule has 16 unspecified atom stereocenters. The molecule has 8 aliphatic heterocycles. The molecular weight excluding hydrogens is 1670 g/mol. The van der Waals surface area contributed by atoms with Gasteiger partial charge in [0.25, 0.3) is 0 Å². The number of hydrogen-bond donors (Lipinski definition) is 21. The van der Waals surface area contributed by atoms with Crippen molar-refractivity contribution in [3.05, 3.63) is 18.3 Å². The van der Waals surface area contributed by atoms with Crippen molar-refractivity contribution < 1.29 is 192 Å². The number of fused-ring (bicyclic) bond motifs is 7. The number of aliphatic hydroxyl groups excluding tert-OH is 19. The monoisotopic (exact) mass is 1810 g/mol. The number of aliphatic hydroxyl groups is 20. The van der Waals surface area contributed by atoms with E-state index in [0.717, 1.165) is 63.4 Å². The number of nitrogens with one attached hydrogen (secondary N) is 1. The Labute approximate surface area is 732 Å². The molecule has 0 spiro atoms. The Balaban J connectivity index is 0.795. The van der Waals surface area contributed by atoms with Crippen LogP contribution in [0.2, 0.25) is 0 Å². The highest BCUT2D eigenvalue weighted by molar-refractivity contribution is 5.80. The predicted molar refractivity (Wildman–Crippen MR) is 425 cm³/mol. The van der Waals surface area contributed by atoms with Crippen molar-refractivity contribution in [1.29, 1.82) is 0 Å². The molecule has 8 heterocycles. The van der Waals surface area contributed by atoms with Crippen molar-refractivity contribution in [1.82, 2.24) is 5.32 Å². The molecule has 1 amide bonds. The minimum Gasteiger partial charge on any atom is -0.432 e. The summed E-state index contributed by atoms with van der Waals surface area (Å²) in [5, 5.41) is 228. The zero-order chi connectivity index (χ0) is 91.6. The second kappa shape index (κ2) is 40.5. The van der Waals surface area contributed by atoms with Gasteiger partial charge < -0.3 is 188 Å². The molecule has 0 aromatic rings. The fourth-order valence-electron chi connectivity index (χ4n) is 23.1. The van der Waals surface area contributed by atoms with E-state index in [9.17, 15) is 112 Å². The molecule has 40 heteroatoms. The van der Waals surface area contributed by atoms with Gasteiger partial charge >= 0.3 is 5.97 Å². The molecule has 5 aliphatic carbocycles. The first-order valence-corrected chi connectivity index (χ1v) is 45.2. The summed E-state index contributed by atoms with van der Waals surface area (Å²) in [6, 6.07) is -1.56. The van der Waals surface area contributed by atoms with E-state index in [2.05, 4.69) is 52.9 Å². The number of unbranched alkanes of at least 4 members (excludes halogenated alkanes) is 8. The highest BCUT2D eigenvalue weighted by Crippen LogP contribution is 2.76. The van der Waals surface area contributed by atoms with Crippen LogP contribution in [-0.4, -0.2) is 387 Å². The van der Waals surface area contributed by atoms with E-state index in [1.807, 2.05) is 0 Å². The first-order valence-electron chi connectivity index (χ1n) is 45.2. The van der Waals surface area contributed by atoms with Gasteiger partial charge in [0.1, 0.15) is 158 Å². The molecule has 1 radical (unpaired) electrons. The quantitative estimate of drug-likeness (QED) is 0.0104. The number of carbonyl (C=O) groups is 3. The molecule has 40 nitrogen and oxygen atoms in total. The lowest BCUT2D eigenvalue weighted by Gasteiger charge is -2.71. The number of carbonyl (C=O) groups excluding carboxylic acids is 3. The van der Waals surface area contributed by atoms with Crippen molar-refractivity contribution in [3.8, 4) is 0 Å². The molecule has 13 aliphatic rings. The maximum Gasteiger partial charge on any atom is 0.317 e. The van der Waals surface area contributed by atoms with Crippen LogP contribution in [0.4, 0.5) is 0 Å². The Morgan fingerprint density at radius 3 is 1.72 bits per heavy atom. The molecule has 126 heavy (non-hydrogen) atoms. The van der Waals surface area contributed by atoms with Crippen molar-refractivity contribution in [2.75, 3.05) is 39.6 Å². The van der Waals surface area contributed by atoms with E-state index in [1.165, 1.54) is 13.8 Å². The van der Waals surface area contributed by atoms with E-state index in [0.29, 0.717) is 51.4 Å². The van der Waals surface area contributed by atoms with Gasteiger partial charge in [0.05, 0.1) is 75.5 Å². The van der Waals surface area contributed by atoms with Crippen LogP contribution < -0.4 is 5.32 Å². The second-order valence-corrected chi connectivity index (χ2v) is 39.6. The Hall–Kier alpha value is -3.05. The van der Waals surface area contributed by atoms with Gasteiger partial charge in [0.15, 0.2) is 50.1 Å². The van der Waals surface area contributed by atoms with Crippen molar-refractivity contribution in [2.45, 2.75) is 411 Å². The minimum atomic E-state index is -2.19. The van der Waals surface area contributed by atoms with Crippen LogP contribution >= 0.6 is 0 Å². The van der Waals surface area contributed by atoms with Gasteiger partial charge in [-0.25, -0.2) is 0 Å². The maximum atomic E-state index is 16.7. The molecule has 13 rings (SSSR count). The number of ether oxygens (including phenoxy) is 16. The van der Waals surface area contributed by atoms with E-state index in [1.54, 1.807) is 6.92 Å². The third-order valence-electron chi connectivity index (χ3n) is 31.1. The second-order valence-electron chi connectivity index (χ2n) is 39.6. The lowest BCUT2D eigenvalue weighted by molar-refractivity contribution is -0.386. The smallest absolute Gasteiger partial charge is 0.317 e. The largest absolute Gasteiger partial charge is 0.432 e. The Morgan fingerprint density at radius 1 is 0.516 bits per heavy atom. The summed E-state index contributed by atoms with van der Waals surface area (Å²) in [6.07, 6.45) is -47.6. The van der Waals surface area contributed by atoms with Gasteiger partial charge in [-0.2, -0.15) is 0 Å². The van der Waals surface area contributed by atoms with Crippen molar-refractivity contribution >= 4 is 18.2 Å². The molecule has 21 N–H and O–H groups in total. The summed E-state index contributed by atoms with van der Waals surface area (Å²) in [6.45, 7) is 13.9. The Bertz CT molecular complexity index is 3610. The van der Waals surface area contributed by atoms with Crippen LogP contribution in [0.25, 0.3) is 0 Å². The SMILES string of the molecule is CCCCCCCCCCCC(=O)N[C@@H]1C(CO)O[C@H](OC(=O)[C@]23CCC(C)(C)CC2C2=CCC4C5(C)CC[C@H](O[C@@H]6O[CH][C@H](O)[C@H](O[C@@H]7OC[C@H](O)[C@H](O)C7O)C6O[C@@H]6OC(CO)[C@H](O)[C@H](O)C6O)[C@](C)(C=O)[C@@H]5CC[C@]4(C)[C@]2(C)CC3O)[C@H](O[C@H]2OC(C)[C@@H](O[C@H]3OC[C@@H](O)C(O[C@H]4OC[C@@](O)(CO)C4O)[C@H]3O)C(O)[C@@H]2O)C1O[C@@H]1OC(C)[C@H](O)[C@@H](O)C1O. The van der Waals surface area contributed by atoms with Crippen LogP contribution in [-0.2, 0) is 90.2 Å². The normalized spacial score (nSPS) is 50.9. The van der Waals surface area contributed by atoms with E-state index >= 15 is 4.79 Å². The molecule has 45 atom stereocenters. The fourth-order valence-corrected chi connectivity index (χ4v) is 23.1. The molecular formula is C86H140NO39. The predicted octanol–water partition coefficient (Wildman–Crippen LogP) is -3.77. The van der Waals surface area contributed by atoms with Crippen LogP contribution in [0, 0.1) is 56.9 Å². The first kappa shape index (κ1) is 100. The number of hydrogen-bond acceptors (Lipinski definition) is 39. The van der Waals surface area contributed by atoms with Gasteiger partial charge in [0, 0.05) is 6.42 Å². The third kappa shape index (κ3) is 19.1. The van der Waals surface area contributed by atoms with Gasteiger partial charge in [0.2, 0.25) is 12.2 Å². The van der Waals surface area contributed by atoms with Crippen LogP contribution in [0.1, 0.15) is 184 Å². The fraction of sp³-hybridized carbons (Fsp3) is 0.930. The van der Waals surface area contributed by atoms with Crippen molar-refractivity contribution in [3.63, 3.8) is 0 Å². The van der Waals surface area contributed by atoms with Crippen LogP contribution in [0.3, 0.4) is 0 Å². The number of esters is 1. The van der Waals surface area contributed by atoms with Gasteiger partial charge in [-0.3, -0.25) is 9.59 Å². The topological polar surface area (TPSA) is 616 Å². The molecule has 12 fully saturated rings. The van der Waals surface area contributed by atoms with E-state index in [-0.39, 0.29) is 31.6 Å². The van der Waals surface area contributed by atoms with Crippen molar-refractivity contribution in [2.24, 2.45) is 50.2 Å². The zero-order valence-corrected chi connectivity index (χ0v) is 73.1. The maximum absolute atomic E-state index is 16.7. The summed E-state index contributed by atoms with van der Waals surface area (Å²) in [4.78, 5) is 45.6. The molecule has 723 valence electrons. The number of rotatable bonds is 31. The first-order chi connectivity index (χ1) is 59.5. The summed E-state index contributed by atoms with van der Waals surface area (Å²) in [5.74, 6) is -3.04. The molecule has 8 saturated heterocycles. The average Bonchev–Trinajstić information content (AvgIpc) is 0.896. The van der Waals surface area contributed by atoms with Crippen LogP contribution in [0.15, 0.2) is 11.6 Å². The lowest BCUT2D eigenvalue weighted by atomic mass is 9.33. The highest BCUT2D eigenvalue weighted by atomic mass is 16.8. The Morgan fingerprint density at radius 2 is 1.08 bits per heavy atom. The van der Waals surface area contributed by atoms with Gasteiger partial charge in [-0.05, 0) is 117 Å². The molecule has 0 aromatic carbocycles. The highest BCUT2D eigenvalue weighted by Gasteiger charge is 2.74. The number of aldehydes is 1. The van der Waals surface area contributed by atoms with E-state index in [4.69, 9.17) is 75.8 Å². The van der Waals surface area contributed by atoms with Gasteiger partial charge in [-0.1, -0.05) is 111 Å². The molecule has 0 aromatic heterocycles.